The third-order valence-electron chi connectivity index (χ3n) is 3.75. The van der Waals surface area contributed by atoms with E-state index in [0.717, 1.165) is 30.5 Å². The minimum Gasteiger partial charge on any atom is -0.326 e. The fourth-order valence-corrected chi connectivity index (χ4v) is 3.03. The second-order valence-electron chi connectivity index (χ2n) is 5.31. The van der Waals surface area contributed by atoms with Gasteiger partial charge in [-0.1, -0.05) is 28.1 Å². The van der Waals surface area contributed by atoms with E-state index in [9.17, 15) is 0 Å². The fraction of sp³-hybridized carbons (Fsp3) is 0.571. The van der Waals surface area contributed by atoms with E-state index in [4.69, 9.17) is 5.73 Å². The molecular formula is C14H22BrN3. The molecule has 0 radical (unpaired) electrons. The van der Waals surface area contributed by atoms with Crippen LogP contribution in [-0.2, 0) is 6.42 Å². The quantitative estimate of drug-likeness (QED) is 0.919. The topological polar surface area (TPSA) is 32.5 Å². The van der Waals surface area contributed by atoms with Crippen molar-refractivity contribution in [1.82, 2.24) is 9.80 Å². The number of hydrogen-bond donors (Lipinski definition) is 1. The normalized spacial score (nSPS) is 24.1. The van der Waals surface area contributed by atoms with Crippen LogP contribution in [0, 0.1) is 0 Å². The molecule has 2 unspecified atom stereocenters. The van der Waals surface area contributed by atoms with Crippen molar-refractivity contribution in [3.8, 4) is 0 Å². The molecule has 0 bridgehead atoms. The van der Waals surface area contributed by atoms with Crippen molar-refractivity contribution in [2.75, 3.05) is 33.7 Å². The van der Waals surface area contributed by atoms with E-state index in [1.807, 2.05) is 0 Å². The van der Waals surface area contributed by atoms with Crippen LogP contribution in [0.2, 0.25) is 0 Å². The Morgan fingerprint density at radius 2 is 2.17 bits per heavy atom. The van der Waals surface area contributed by atoms with Gasteiger partial charge >= 0.3 is 0 Å². The molecule has 1 saturated heterocycles. The van der Waals surface area contributed by atoms with Gasteiger partial charge in [0.05, 0.1) is 0 Å². The number of nitrogens with two attached hydrogens (primary N) is 1. The summed E-state index contributed by atoms with van der Waals surface area (Å²) < 4.78 is 1.13. The van der Waals surface area contributed by atoms with Crippen molar-refractivity contribution in [3.63, 3.8) is 0 Å². The van der Waals surface area contributed by atoms with E-state index in [0.29, 0.717) is 6.04 Å². The number of piperazine rings is 1. The van der Waals surface area contributed by atoms with E-state index in [-0.39, 0.29) is 6.04 Å². The van der Waals surface area contributed by atoms with Crippen LogP contribution >= 0.6 is 15.9 Å². The lowest BCUT2D eigenvalue weighted by atomic mass is 9.97. The summed E-state index contributed by atoms with van der Waals surface area (Å²) >= 11 is 3.51. The Bertz CT molecular complexity index is 396. The average Bonchev–Trinajstić information content (AvgIpc) is 2.32. The third kappa shape index (κ3) is 3.54. The first kappa shape index (κ1) is 14.0. The highest BCUT2D eigenvalue weighted by Crippen LogP contribution is 2.16. The summed E-state index contributed by atoms with van der Waals surface area (Å²) in [5.74, 6) is 0. The second-order valence-corrected chi connectivity index (χ2v) is 6.22. The smallest absolute Gasteiger partial charge is 0.0375 e. The molecule has 1 aromatic carbocycles. The Morgan fingerprint density at radius 3 is 2.89 bits per heavy atom. The fourth-order valence-electron chi connectivity index (χ4n) is 2.58. The van der Waals surface area contributed by atoms with Crippen molar-refractivity contribution >= 4 is 15.9 Å². The lowest BCUT2D eigenvalue weighted by molar-refractivity contribution is 0.0973. The lowest BCUT2D eigenvalue weighted by Gasteiger charge is -2.40. The van der Waals surface area contributed by atoms with Gasteiger partial charge in [0.2, 0.25) is 0 Å². The lowest BCUT2D eigenvalue weighted by Crippen LogP contribution is -2.58. The van der Waals surface area contributed by atoms with Crippen molar-refractivity contribution in [1.29, 1.82) is 0 Å². The zero-order chi connectivity index (χ0) is 13.1. The Hall–Kier alpha value is -0.420. The summed E-state index contributed by atoms with van der Waals surface area (Å²) in [4.78, 5) is 4.76. The van der Waals surface area contributed by atoms with Crippen LogP contribution in [0.3, 0.4) is 0 Å². The Balaban J connectivity index is 2.00. The van der Waals surface area contributed by atoms with E-state index in [1.165, 1.54) is 5.56 Å². The molecule has 2 atom stereocenters. The van der Waals surface area contributed by atoms with E-state index >= 15 is 0 Å². The standard InChI is InChI=1S/C14H22BrN3/c1-17-6-7-18(2)14(10-17)13(16)9-11-4-3-5-12(15)8-11/h3-5,8,13-14H,6-7,9-10,16H2,1-2H3. The van der Waals surface area contributed by atoms with Crippen LogP contribution in [-0.4, -0.2) is 55.6 Å². The van der Waals surface area contributed by atoms with Gasteiger partial charge in [-0.25, -0.2) is 0 Å². The predicted octanol–water partition coefficient (Wildman–Crippen LogP) is 1.56. The first-order valence-corrected chi connectivity index (χ1v) is 7.24. The molecule has 100 valence electrons. The van der Waals surface area contributed by atoms with Gasteiger partial charge in [-0.15, -0.1) is 0 Å². The summed E-state index contributed by atoms with van der Waals surface area (Å²) in [7, 11) is 4.35. The highest BCUT2D eigenvalue weighted by Gasteiger charge is 2.27. The first-order valence-electron chi connectivity index (χ1n) is 6.45. The molecule has 0 aliphatic carbocycles. The summed E-state index contributed by atoms with van der Waals surface area (Å²) in [6, 6.07) is 9.07. The zero-order valence-corrected chi connectivity index (χ0v) is 12.7. The molecular weight excluding hydrogens is 290 g/mol. The molecule has 2 N–H and O–H groups in total. The van der Waals surface area contributed by atoms with Crippen LogP contribution in [0.4, 0.5) is 0 Å². The van der Waals surface area contributed by atoms with Crippen molar-refractivity contribution in [2.45, 2.75) is 18.5 Å². The molecule has 1 fully saturated rings. The summed E-state index contributed by atoms with van der Waals surface area (Å²) in [5, 5.41) is 0. The van der Waals surface area contributed by atoms with Crippen LogP contribution in [0.25, 0.3) is 0 Å². The minimum absolute atomic E-state index is 0.187. The molecule has 0 spiro atoms. The maximum absolute atomic E-state index is 6.40. The van der Waals surface area contributed by atoms with Crippen LogP contribution < -0.4 is 5.73 Å². The highest BCUT2D eigenvalue weighted by atomic mass is 79.9. The van der Waals surface area contributed by atoms with E-state index < -0.39 is 0 Å². The SMILES string of the molecule is CN1CCN(C)C(C(N)Cc2cccc(Br)c2)C1. The van der Waals surface area contributed by atoms with Gasteiger partial charge in [0.1, 0.15) is 0 Å². The number of benzene rings is 1. The van der Waals surface area contributed by atoms with Gasteiger partial charge < -0.3 is 10.6 Å². The molecule has 4 heteroatoms. The maximum Gasteiger partial charge on any atom is 0.0375 e. The van der Waals surface area contributed by atoms with Crippen molar-refractivity contribution < 1.29 is 0 Å². The number of likely N-dealkylation sites (N-methyl/N-ethyl adjacent to an activating group) is 2. The Morgan fingerprint density at radius 1 is 1.39 bits per heavy atom. The van der Waals surface area contributed by atoms with E-state index in [2.05, 4.69) is 64.1 Å². The number of hydrogen-bond acceptors (Lipinski definition) is 3. The van der Waals surface area contributed by atoms with Gasteiger partial charge in [0, 0.05) is 36.2 Å². The minimum atomic E-state index is 0.187. The van der Waals surface area contributed by atoms with Gasteiger partial charge in [-0.05, 0) is 38.2 Å². The molecule has 3 nitrogen and oxygen atoms in total. The Kier molecular flexibility index (Phi) is 4.78. The summed E-state index contributed by atoms with van der Waals surface area (Å²) in [5.41, 5.74) is 7.70. The van der Waals surface area contributed by atoms with Gasteiger partial charge in [0.15, 0.2) is 0 Å². The molecule has 1 aliphatic rings. The second kappa shape index (κ2) is 6.15. The molecule has 0 aromatic heterocycles. The third-order valence-corrected chi connectivity index (χ3v) is 4.25. The van der Waals surface area contributed by atoms with Gasteiger partial charge in [-0.3, -0.25) is 4.90 Å². The molecule has 2 rings (SSSR count). The summed E-state index contributed by atoms with van der Waals surface area (Å²) in [6.45, 7) is 3.30. The van der Waals surface area contributed by atoms with Crippen LogP contribution in [0.1, 0.15) is 5.56 Å². The Labute approximate surface area is 118 Å². The van der Waals surface area contributed by atoms with Crippen molar-refractivity contribution in [2.24, 2.45) is 5.73 Å². The first-order chi connectivity index (χ1) is 8.56. The maximum atomic E-state index is 6.40. The number of halogens is 1. The number of rotatable bonds is 3. The van der Waals surface area contributed by atoms with Crippen molar-refractivity contribution in [3.05, 3.63) is 34.3 Å². The van der Waals surface area contributed by atoms with Gasteiger partial charge in [-0.2, -0.15) is 0 Å². The summed E-state index contributed by atoms with van der Waals surface area (Å²) in [6.07, 6.45) is 0.933. The number of nitrogens with zero attached hydrogens (tertiary/aromatic N) is 2. The molecule has 1 heterocycles. The van der Waals surface area contributed by atoms with Crippen LogP contribution in [0.5, 0.6) is 0 Å². The molecule has 0 saturated carbocycles. The monoisotopic (exact) mass is 311 g/mol. The predicted molar refractivity (Wildman–Crippen MR) is 79.7 cm³/mol. The van der Waals surface area contributed by atoms with Crippen LogP contribution in [0.15, 0.2) is 28.7 Å². The molecule has 0 amide bonds. The van der Waals surface area contributed by atoms with Gasteiger partial charge in [0.25, 0.3) is 0 Å². The highest BCUT2D eigenvalue weighted by molar-refractivity contribution is 9.10. The average molecular weight is 312 g/mol. The van der Waals surface area contributed by atoms with E-state index in [1.54, 1.807) is 0 Å². The zero-order valence-electron chi connectivity index (χ0n) is 11.1. The molecule has 1 aliphatic heterocycles. The molecule has 18 heavy (non-hydrogen) atoms. The molecule has 1 aromatic rings. The largest absolute Gasteiger partial charge is 0.326 e.